The molecule has 1 aliphatic heterocycles. The molecule has 0 spiro atoms. The number of oxazole rings is 1. The number of nitrogens with zero attached hydrogens (tertiary/aromatic N) is 2. The first-order valence-corrected chi connectivity index (χ1v) is 11.8. The van der Waals surface area contributed by atoms with Gasteiger partial charge in [-0.2, -0.15) is 4.31 Å². The summed E-state index contributed by atoms with van der Waals surface area (Å²) in [5.41, 5.74) is 1.93. The Bertz CT molecular complexity index is 1110. The number of para-hydroxylation sites is 2. The van der Waals surface area contributed by atoms with Crippen LogP contribution in [0.25, 0.3) is 11.1 Å². The molecular weight excluding hydrogens is 426 g/mol. The summed E-state index contributed by atoms with van der Waals surface area (Å²) in [5.74, 6) is -0.231. The maximum atomic E-state index is 12.7. The summed E-state index contributed by atoms with van der Waals surface area (Å²) in [6.45, 7) is 3.22. The molecule has 3 aromatic rings. The fraction of sp³-hybridized carbons (Fsp3) is 0.300. The summed E-state index contributed by atoms with van der Waals surface area (Å²) < 4.78 is 37.6. The number of carbonyl (C=O) groups excluding carboxylic acids is 1. The monoisotopic (exact) mass is 447 g/mol. The normalized spacial score (nSPS) is 16.4. The molecule has 1 aliphatic rings. The number of benzene rings is 2. The lowest BCUT2D eigenvalue weighted by molar-refractivity contribution is -0.115. The maximum absolute atomic E-state index is 12.7. The van der Waals surface area contributed by atoms with Gasteiger partial charge in [0.25, 0.3) is 5.22 Å². The van der Waals surface area contributed by atoms with Crippen LogP contribution < -0.4 is 5.32 Å². The Hall–Kier alpha value is -2.40. The summed E-state index contributed by atoms with van der Waals surface area (Å²) in [4.78, 5) is 17.1. The number of nitrogens with one attached hydrogen (secondary N) is 1. The number of hydrogen-bond acceptors (Lipinski definition) is 7. The van der Waals surface area contributed by atoms with Gasteiger partial charge < -0.3 is 14.5 Å². The van der Waals surface area contributed by atoms with Crippen molar-refractivity contribution in [3.63, 3.8) is 0 Å². The average Bonchev–Trinajstić information content (AvgIpc) is 3.17. The second-order valence-electron chi connectivity index (χ2n) is 6.74. The fourth-order valence-electron chi connectivity index (χ4n) is 3.00. The van der Waals surface area contributed by atoms with Gasteiger partial charge in [0.1, 0.15) is 5.52 Å². The van der Waals surface area contributed by atoms with Gasteiger partial charge in [0.2, 0.25) is 15.9 Å². The van der Waals surface area contributed by atoms with E-state index in [1.165, 1.54) is 28.2 Å². The minimum absolute atomic E-state index is 0.191. The van der Waals surface area contributed by atoms with E-state index in [0.29, 0.717) is 42.8 Å². The van der Waals surface area contributed by atoms with Crippen molar-refractivity contribution in [3.05, 3.63) is 48.5 Å². The van der Waals surface area contributed by atoms with E-state index in [1.54, 1.807) is 19.1 Å². The fourth-order valence-corrected chi connectivity index (χ4v) is 5.16. The quantitative estimate of drug-likeness (QED) is 0.580. The second-order valence-corrected chi connectivity index (χ2v) is 9.97. The van der Waals surface area contributed by atoms with Crippen molar-refractivity contribution >= 4 is 44.5 Å². The number of thioether (sulfide) groups is 1. The van der Waals surface area contributed by atoms with Gasteiger partial charge in [-0.05, 0) is 43.3 Å². The summed E-state index contributed by atoms with van der Waals surface area (Å²) in [5, 5.41) is 2.77. The number of sulfonamides is 1. The molecule has 10 heteroatoms. The van der Waals surface area contributed by atoms with E-state index in [4.69, 9.17) is 9.15 Å². The van der Waals surface area contributed by atoms with Gasteiger partial charge in [-0.25, -0.2) is 13.4 Å². The van der Waals surface area contributed by atoms with Crippen molar-refractivity contribution in [2.24, 2.45) is 0 Å². The number of ether oxygens (including phenoxy) is 1. The average molecular weight is 448 g/mol. The molecule has 0 radical (unpaired) electrons. The molecule has 1 atom stereocenters. The highest BCUT2D eigenvalue weighted by atomic mass is 32.2. The number of hydrogen-bond donors (Lipinski definition) is 1. The molecule has 1 amide bonds. The van der Waals surface area contributed by atoms with E-state index in [1.807, 2.05) is 24.3 Å². The van der Waals surface area contributed by atoms with Crippen LogP contribution in [-0.2, 0) is 19.6 Å². The zero-order chi connectivity index (χ0) is 21.1. The van der Waals surface area contributed by atoms with Crippen LogP contribution >= 0.6 is 11.8 Å². The molecule has 1 N–H and O–H groups in total. The highest BCUT2D eigenvalue weighted by molar-refractivity contribution is 8.00. The van der Waals surface area contributed by atoms with Crippen LogP contribution in [0.15, 0.2) is 63.1 Å². The topological polar surface area (TPSA) is 102 Å². The van der Waals surface area contributed by atoms with Crippen LogP contribution in [0.1, 0.15) is 6.92 Å². The van der Waals surface area contributed by atoms with E-state index in [9.17, 15) is 13.2 Å². The van der Waals surface area contributed by atoms with E-state index >= 15 is 0 Å². The van der Waals surface area contributed by atoms with Gasteiger partial charge in [-0.1, -0.05) is 23.9 Å². The second kappa shape index (κ2) is 8.76. The third kappa shape index (κ3) is 4.51. The van der Waals surface area contributed by atoms with Gasteiger partial charge in [0, 0.05) is 18.8 Å². The summed E-state index contributed by atoms with van der Waals surface area (Å²) >= 11 is 1.22. The number of rotatable bonds is 6. The molecule has 1 aromatic heterocycles. The van der Waals surface area contributed by atoms with Gasteiger partial charge in [-0.3, -0.25) is 4.79 Å². The minimum atomic E-state index is -3.56. The zero-order valence-corrected chi connectivity index (χ0v) is 17.9. The van der Waals surface area contributed by atoms with Crippen molar-refractivity contribution < 1.29 is 22.4 Å². The molecule has 0 bridgehead atoms. The number of amides is 1. The Kier molecular flexibility index (Phi) is 6.09. The SMILES string of the molecule is CC(Sc1nc2ccccc2o1)C(=O)Nc1ccc(S(=O)(=O)N2CCOCC2)cc1. The molecule has 1 fully saturated rings. The summed E-state index contributed by atoms with van der Waals surface area (Å²) in [6.07, 6.45) is 0. The van der Waals surface area contributed by atoms with Gasteiger partial charge in [0.05, 0.1) is 23.4 Å². The number of morpholine rings is 1. The van der Waals surface area contributed by atoms with E-state index in [0.717, 1.165) is 5.52 Å². The van der Waals surface area contributed by atoms with Crippen molar-refractivity contribution in [2.45, 2.75) is 22.3 Å². The van der Waals surface area contributed by atoms with Gasteiger partial charge in [0.15, 0.2) is 5.58 Å². The number of fused-ring (bicyclic) bond motifs is 1. The Morgan fingerprint density at radius 3 is 2.53 bits per heavy atom. The largest absolute Gasteiger partial charge is 0.431 e. The summed E-state index contributed by atoms with van der Waals surface area (Å²) in [7, 11) is -3.56. The predicted octanol–water partition coefficient (Wildman–Crippen LogP) is 2.97. The molecule has 2 aromatic carbocycles. The summed E-state index contributed by atoms with van der Waals surface area (Å²) in [6, 6.07) is 13.6. The zero-order valence-electron chi connectivity index (χ0n) is 16.3. The molecule has 1 saturated heterocycles. The standard InChI is InChI=1S/C20H21N3O5S2/c1-14(29-20-22-17-4-2-3-5-18(17)28-20)19(24)21-15-6-8-16(9-7-15)30(25,26)23-10-12-27-13-11-23/h2-9,14H,10-13H2,1H3,(H,21,24). The third-order valence-corrected chi connectivity index (χ3v) is 7.51. The van der Waals surface area contributed by atoms with E-state index in [2.05, 4.69) is 10.3 Å². The Balaban J connectivity index is 1.39. The van der Waals surface area contributed by atoms with Crippen LogP contribution in [0.2, 0.25) is 0 Å². The van der Waals surface area contributed by atoms with Crippen molar-refractivity contribution in [1.82, 2.24) is 9.29 Å². The molecule has 4 rings (SSSR count). The van der Waals surface area contributed by atoms with Gasteiger partial charge >= 0.3 is 0 Å². The lowest BCUT2D eigenvalue weighted by Gasteiger charge is -2.26. The predicted molar refractivity (Wildman–Crippen MR) is 114 cm³/mol. The highest BCUT2D eigenvalue weighted by Crippen LogP contribution is 2.27. The molecule has 1 unspecified atom stereocenters. The molecule has 0 saturated carbocycles. The van der Waals surface area contributed by atoms with Crippen LogP contribution in [0, 0.1) is 0 Å². The van der Waals surface area contributed by atoms with Crippen molar-refractivity contribution in [1.29, 1.82) is 0 Å². The van der Waals surface area contributed by atoms with Crippen LogP contribution in [0.3, 0.4) is 0 Å². The Morgan fingerprint density at radius 2 is 1.83 bits per heavy atom. The molecule has 30 heavy (non-hydrogen) atoms. The Morgan fingerprint density at radius 1 is 1.13 bits per heavy atom. The first kappa shape index (κ1) is 20.9. The minimum Gasteiger partial charge on any atom is -0.431 e. The first-order valence-electron chi connectivity index (χ1n) is 9.44. The smallest absolute Gasteiger partial charge is 0.257 e. The number of carbonyl (C=O) groups is 1. The molecular formula is C20H21N3O5S2. The van der Waals surface area contributed by atoms with E-state index in [-0.39, 0.29) is 10.8 Å². The number of anilines is 1. The lowest BCUT2D eigenvalue weighted by Crippen LogP contribution is -2.40. The van der Waals surface area contributed by atoms with Crippen molar-refractivity contribution in [3.8, 4) is 0 Å². The molecule has 8 nitrogen and oxygen atoms in total. The third-order valence-electron chi connectivity index (χ3n) is 4.65. The van der Waals surface area contributed by atoms with E-state index < -0.39 is 15.3 Å². The lowest BCUT2D eigenvalue weighted by atomic mass is 10.3. The van der Waals surface area contributed by atoms with Crippen molar-refractivity contribution in [2.75, 3.05) is 31.6 Å². The Labute approximate surface area is 178 Å². The van der Waals surface area contributed by atoms with Crippen LogP contribution in [-0.4, -0.2) is 55.2 Å². The van der Waals surface area contributed by atoms with Crippen LogP contribution in [0.4, 0.5) is 5.69 Å². The molecule has 0 aliphatic carbocycles. The van der Waals surface area contributed by atoms with Crippen LogP contribution in [0.5, 0.6) is 0 Å². The van der Waals surface area contributed by atoms with Gasteiger partial charge in [-0.15, -0.1) is 0 Å². The highest BCUT2D eigenvalue weighted by Gasteiger charge is 2.26. The number of aromatic nitrogens is 1. The first-order chi connectivity index (χ1) is 14.4. The maximum Gasteiger partial charge on any atom is 0.257 e. The molecule has 2 heterocycles. The molecule has 158 valence electrons.